The summed E-state index contributed by atoms with van der Waals surface area (Å²) in [5.74, 6) is -0.231. The van der Waals surface area contributed by atoms with Crippen LogP contribution < -0.4 is 0 Å². The highest BCUT2D eigenvalue weighted by Gasteiger charge is 2.15. The maximum Gasteiger partial charge on any atom is 0.338 e. The smallest absolute Gasteiger partial charge is 0.338 e. The van der Waals surface area contributed by atoms with Gasteiger partial charge in [-0.2, -0.15) is 0 Å². The molecule has 0 atom stereocenters. The molecular formula is C16H26ClNO2. The summed E-state index contributed by atoms with van der Waals surface area (Å²) in [5.41, 5.74) is 1.61. The van der Waals surface area contributed by atoms with Crippen molar-refractivity contribution in [3.63, 3.8) is 0 Å². The highest BCUT2D eigenvalue weighted by Crippen LogP contribution is 2.09. The lowest BCUT2D eigenvalue weighted by Gasteiger charge is -2.30. The number of hydrogen-bond donors (Lipinski definition) is 0. The molecule has 20 heavy (non-hydrogen) atoms. The number of esters is 1. The quantitative estimate of drug-likeness (QED) is 0.750. The van der Waals surface area contributed by atoms with E-state index >= 15 is 0 Å². The first-order chi connectivity index (χ1) is 8.93. The van der Waals surface area contributed by atoms with Crippen molar-refractivity contribution in [1.82, 2.24) is 4.90 Å². The van der Waals surface area contributed by atoms with Crippen LogP contribution in [0.5, 0.6) is 0 Å². The number of aryl methyl sites for hydroxylation is 1. The Morgan fingerprint density at radius 2 is 1.70 bits per heavy atom. The number of halogens is 1. The average Bonchev–Trinajstić information content (AvgIpc) is 2.33. The molecule has 0 aliphatic rings. The molecule has 1 aromatic carbocycles. The fourth-order valence-electron chi connectivity index (χ4n) is 2.24. The van der Waals surface area contributed by atoms with Gasteiger partial charge in [0.1, 0.15) is 6.61 Å². The van der Waals surface area contributed by atoms with Gasteiger partial charge in [0.25, 0.3) is 0 Å². The minimum absolute atomic E-state index is 0. The summed E-state index contributed by atoms with van der Waals surface area (Å²) < 4.78 is 5.36. The number of carbonyl (C=O) groups excluding carboxylic acids is 1. The normalized spacial score (nSPS) is 10.8. The molecular weight excluding hydrogens is 274 g/mol. The predicted molar refractivity (Wildman–Crippen MR) is 85.7 cm³/mol. The highest BCUT2D eigenvalue weighted by molar-refractivity contribution is 5.90. The van der Waals surface area contributed by atoms with E-state index in [2.05, 4.69) is 32.6 Å². The van der Waals surface area contributed by atoms with Gasteiger partial charge in [0.2, 0.25) is 0 Å². The summed E-state index contributed by atoms with van der Waals surface area (Å²) >= 11 is 0. The Bertz CT molecular complexity index is 411. The predicted octanol–water partition coefficient (Wildman–Crippen LogP) is 3.69. The fourth-order valence-corrected chi connectivity index (χ4v) is 2.24. The molecule has 114 valence electrons. The van der Waals surface area contributed by atoms with Gasteiger partial charge in [0.05, 0.1) is 5.56 Å². The molecule has 1 rings (SSSR count). The maximum absolute atomic E-state index is 11.9. The summed E-state index contributed by atoms with van der Waals surface area (Å²) in [6, 6.07) is 8.42. The van der Waals surface area contributed by atoms with Crippen molar-refractivity contribution in [2.24, 2.45) is 0 Å². The van der Waals surface area contributed by atoms with Crippen LogP contribution in [-0.2, 0) is 4.74 Å². The standard InChI is InChI=1S/C16H25NO2.ClH/c1-12(2)17(13(3)4)10-11-19-16(18)15-9-7-6-8-14(15)5;/h6-9,12-13H,10-11H2,1-5H3;1H. The number of rotatable bonds is 6. The first kappa shape index (κ1) is 18.9. The van der Waals surface area contributed by atoms with Crippen molar-refractivity contribution in [2.75, 3.05) is 13.2 Å². The van der Waals surface area contributed by atoms with Crippen LogP contribution in [0.3, 0.4) is 0 Å². The van der Waals surface area contributed by atoms with Crippen LogP contribution in [0.1, 0.15) is 43.6 Å². The Morgan fingerprint density at radius 1 is 1.15 bits per heavy atom. The van der Waals surface area contributed by atoms with Crippen LogP contribution in [0.15, 0.2) is 24.3 Å². The van der Waals surface area contributed by atoms with Crippen LogP contribution in [0.25, 0.3) is 0 Å². The van der Waals surface area contributed by atoms with Gasteiger partial charge in [-0.15, -0.1) is 12.4 Å². The van der Waals surface area contributed by atoms with Crippen LogP contribution in [0.2, 0.25) is 0 Å². The van der Waals surface area contributed by atoms with Gasteiger partial charge in [-0.3, -0.25) is 4.90 Å². The van der Waals surface area contributed by atoms with Gasteiger partial charge in [0.15, 0.2) is 0 Å². The summed E-state index contributed by atoms with van der Waals surface area (Å²) in [7, 11) is 0. The molecule has 4 heteroatoms. The lowest BCUT2D eigenvalue weighted by molar-refractivity contribution is 0.0416. The van der Waals surface area contributed by atoms with E-state index in [4.69, 9.17) is 4.74 Å². The third-order valence-electron chi connectivity index (χ3n) is 3.27. The molecule has 0 amide bonds. The molecule has 0 radical (unpaired) electrons. The Balaban J connectivity index is 0.00000361. The van der Waals surface area contributed by atoms with Crippen molar-refractivity contribution in [3.05, 3.63) is 35.4 Å². The molecule has 0 bridgehead atoms. The molecule has 3 nitrogen and oxygen atoms in total. The van der Waals surface area contributed by atoms with Gasteiger partial charge in [0, 0.05) is 18.6 Å². The summed E-state index contributed by atoms with van der Waals surface area (Å²) in [5, 5.41) is 0. The van der Waals surface area contributed by atoms with Crippen molar-refractivity contribution >= 4 is 18.4 Å². The minimum Gasteiger partial charge on any atom is -0.461 e. The topological polar surface area (TPSA) is 29.5 Å². The summed E-state index contributed by atoms with van der Waals surface area (Å²) in [6.45, 7) is 11.8. The van der Waals surface area contributed by atoms with E-state index in [9.17, 15) is 4.79 Å². The molecule has 0 saturated carbocycles. The van der Waals surface area contributed by atoms with Gasteiger partial charge in [-0.1, -0.05) is 18.2 Å². The van der Waals surface area contributed by atoms with Crippen molar-refractivity contribution < 1.29 is 9.53 Å². The SMILES string of the molecule is Cc1ccccc1C(=O)OCCN(C(C)C)C(C)C.Cl. The van der Waals surface area contributed by atoms with Gasteiger partial charge in [-0.25, -0.2) is 4.79 Å². The molecule has 0 fully saturated rings. The lowest BCUT2D eigenvalue weighted by Crippen LogP contribution is -2.39. The molecule has 0 unspecified atom stereocenters. The molecule has 0 saturated heterocycles. The number of ether oxygens (including phenoxy) is 1. The Morgan fingerprint density at radius 3 is 2.20 bits per heavy atom. The van der Waals surface area contributed by atoms with E-state index in [-0.39, 0.29) is 18.4 Å². The van der Waals surface area contributed by atoms with Gasteiger partial charge >= 0.3 is 5.97 Å². The number of hydrogen-bond acceptors (Lipinski definition) is 3. The number of nitrogens with zero attached hydrogens (tertiary/aromatic N) is 1. The number of carbonyl (C=O) groups is 1. The molecule has 0 aliphatic heterocycles. The zero-order valence-electron chi connectivity index (χ0n) is 13.1. The molecule has 0 aliphatic carbocycles. The zero-order chi connectivity index (χ0) is 14.4. The molecule has 0 N–H and O–H groups in total. The first-order valence-corrected chi connectivity index (χ1v) is 6.92. The van der Waals surface area contributed by atoms with Crippen molar-refractivity contribution in [3.8, 4) is 0 Å². The van der Waals surface area contributed by atoms with E-state index in [1.807, 2.05) is 25.1 Å². The van der Waals surface area contributed by atoms with Crippen LogP contribution >= 0.6 is 12.4 Å². The highest BCUT2D eigenvalue weighted by atomic mass is 35.5. The van der Waals surface area contributed by atoms with Crippen molar-refractivity contribution in [2.45, 2.75) is 46.7 Å². The van der Waals surface area contributed by atoms with Gasteiger partial charge < -0.3 is 4.74 Å². The lowest BCUT2D eigenvalue weighted by atomic mass is 10.1. The number of benzene rings is 1. The Labute approximate surface area is 128 Å². The average molecular weight is 300 g/mol. The summed E-state index contributed by atoms with van der Waals surface area (Å²) in [4.78, 5) is 14.3. The second kappa shape index (κ2) is 8.98. The summed E-state index contributed by atoms with van der Waals surface area (Å²) in [6.07, 6.45) is 0. The van der Waals surface area contributed by atoms with E-state index in [0.29, 0.717) is 24.3 Å². The Hall–Kier alpha value is -1.06. The van der Waals surface area contributed by atoms with Crippen LogP contribution in [-0.4, -0.2) is 36.1 Å². The van der Waals surface area contributed by atoms with E-state index < -0.39 is 0 Å². The fraction of sp³-hybridized carbons (Fsp3) is 0.562. The maximum atomic E-state index is 11.9. The van der Waals surface area contributed by atoms with Gasteiger partial charge in [-0.05, 0) is 46.2 Å². The molecule has 0 spiro atoms. The second-order valence-electron chi connectivity index (χ2n) is 5.38. The zero-order valence-corrected chi connectivity index (χ0v) is 13.9. The Kier molecular flexibility index (Phi) is 8.51. The first-order valence-electron chi connectivity index (χ1n) is 6.92. The minimum atomic E-state index is -0.231. The largest absolute Gasteiger partial charge is 0.461 e. The van der Waals surface area contributed by atoms with E-state index in [1.165, 1.54) is 0 Å². The molecule has 0 heterocycles. The van der Waals surface area contributed by atoms with Crippen LogP contribution in [0, 0.1) is 6.92 Å². The second-order valence-corrected chi connectivity index (χ2v) is 5.38. The monoisotopic (exact) mass is 299 g/mol. The third kappa shape index (κ3) is 5.51. The molecule has 1 aromatic rings. The molecule has 0 aromatic heterocycles. The van der Waals surface area contributed by atoms with Crippen molar-refractivity contribution in [1.29, 1.82) is 0 Å². The van der Waals surface area contributed by atoms with Crippen LogP contribution in [0.4, 0.5) is 0 Å². The van der Waals surface area contributed by atoms with E-state index in [0.717, 1.165) is 12.1 Å². The third-order valence-corrected chi connectivity index (χ3v) is 3.27. The van der Waals surface area contributed by atoms with E-state index in [1.54, 1.807) is 6.07 Å².